The van der Waals surface area contributed by atoms with Crippen molar-refractivity contribution in [2.45, 2.75) is 6.92 Å². The van der Waals surface area contributed by atoms with E-state index < -0.39 is 23.5 Å². The topological polar surface area (TPSA) is 229 Å². The van der Waals surface area contributed by atoms with Crippen LogP contribution in [0.5, 0.6) is 0 Å². The van der Waals surface area contributed by atoms with E-state index in [0.717, 1.165) is 6.54 Å². The number of rotatable bonds is 6. The van der Waals surface area contributed by atoms with Crippen LogP contribution >= 0.6 is 23.5 Å². The molecule has 0 saturated heterocycles. The highest BCUT2D eigenvalue weighted by atomic mass is 31.3. The summed E-state index contributed by atoms with van der Waals surface area (Å²) in [6.45, 7) is 2.72. The summed E-state index contributed by atoms with van der Waals surface area (Å²) in [4.78, 5) is 56.8. The van der Waals surface area contributed by atoms with Gasteiger partial charge < -0.3 is 34.8 Å². The number of hydrogen-bond acceptors (Lipinski definition) is 8. The number of phosphoric acid groups is 3. The Morgan fingerprint density at radius 1 is 1.13 bits per heavy atom. The summed E-state index contributed by atoms with van der Waals surface area (Å²) in [5, 5.41) is 2.92. The van der Waals surface area contributed by atoms with Crippen LogP contribution in [0.3, 0.4) is 0 Å². The fourth-order valence-corrected chi connectivity index (χ4v) is 3.47. The number of anilines is 1. The minimum absolute atomic E-state index is 0.321. The van der Waals surface area contributed by atoms with E-state index in [1.807, 2.05) is 6.92 Å². The van der Waals surface area contributed by atoms with E-state index in [2.05, 4.69) is 23.9 Å². The minimum Gasteiger partial charge on any atom is -0.370 e. The minimum atomic E-state index is -5.46. The largest absolute Gasteiger partial charge is 0.490 e. The van der Waals surface area contributed by atoms with Crippen molar-refractivity contribution < 1.29 is 46.8 Å². The number of H-pyrrole nitrogens is 1. The van der Waals surface area contributed by atoms with Gasteiger partial charge in [0.2, 0.25) is 0 Å². The van der Waals surface area contributed by atoms with E-state index in [-0.39, 0.29) is 5.69 Å². The molecule has 0 aliphatic carbocycles. The van der Waals surface area contributed by atoms with Crippen molar-refractivity contribution >= 4 is 29.3 Å². The molecule has 0 aliphatic rings. The molecule has 23 heavy (non-hydrogen) atoms. The molecule has 0 amide bonds. The van der Waals surface area contributed by atoms with Gasteiger partial charge in [-0.15, -0.1) is 0 Å². The average Bonchev–Trinajstić information content (AvgIpc) is 2.22. The summed E-state index contributed by atoms with van der Waals surface area (Å²) in [6.07, 6.45) is 1.56. The fourth-order valence-electron chi connectivity index (χ4n) is 0.934. The predicted molar refractivity (Wildman–Crippen MR) is 75.1 cm³/mol. The van der Waals surface area contributed by atoms with Crippen LogP contribution in [0.15, 0.2) is 17.1 Å². The zero-order valence-corrected chi connectivity index (χ0v) is 14.0. The Hall–Kier alpha value is -0.910. The van der Waals surface area contributed by atoms with E-state index >= 15 is 0 Å². The second-order valence-corrected chi connectivity index (χ2v) is 7.63. The quantitative estimate of drug-likeness (QED) is 0.301. The van der Waals surface area contributed by atoms with Crippen LogP contribution in [-0.2, 0) is 22.3 Å². The van der Waals surface area contributed by atoms with Crippen molar-refractivity contribution in [3.63, 3.8) is 0 Å². The average molecular weight is 397 g/mol. The molecule has 1 rings (SSSR count). The third kappa shape index (κ3) is 13.2. The Bertz CT molecular complexity index is 664. The maximum Gasteiger partial charge on any atom is 0.490 e. The predicted octanol–water partition coefficient (Wildman–Crippen LogP) is -0.493. The van der Waals surface area contributed by atoms with Crippen molar-refractivity contribution in [1.82, 2.24) is 9.97 Å². The third-order valence-corrected chi connectivity index (χ3v) is 4.80. The second-order valence-electron chi connectivity index (χ2n) is 3.42. The molecule has 1 heterocycles. The molecule has 7 N–H and O–H groups in total. The van der Waals surface area contributed by atoms with Gasteiger partial charge in [-0.2, -0.15) is 13.6 Å². The van der Waals surface area contributed by atoms with Crippen LogP contribution in [0.1, 0.15) is 6.92 Å². The first kappa shape index (κ1) is 22.1. The summed E-state index contributed by atoms with van der Waals surface area (Å²) in [5.41, 5.74) is -0.321. The number of aromatic nitrogens is 2. The van der Waals surface area contributed by atoms with Gasteiger partial charge in [-0.1, -0.05) is 0 Å². The lowest BCUT2D eigenvalue weighted by Crippen LogP contribution is -2.12. The number of aromatic amines is 1. The molecule has 0 bridgehead atoms. The van der Waals surface area contributed by atoms with Crippen molar-refractivity contribution in [2.75, 3.05) is 11.9 Å². The number of nitrogens with zero attached hydrogens (tertiary/aromatic N) is 1. The maximum absolute atomic E-state index is 10.6. The molecule has 14 nitrogen and oxygen atoms in total. The molecular weight excluding hydrogens is 383 g/mol. The van der Waals surface area contributed by atoms with Crippen molar-refractivity contribution in [3.05, 3.63) is 22.7 Å². The van der Waals surface area contributed by atoms with Crippen LogP contribution in [0.2, 0.25) is 0 Å². The zero-order chi connectivity index (χ0) is 18.3. The summed E-state index contributed by atoms with van der Waals surface area (Å²) in [6, 6.07) is 1.71. The fraction of sp³-hybridized carbons (Fsp3) is 0.333. The Morgan fingerprint density at radius 2 is 1.61 bits per heavy atom. The molecule has 1 aromatic rings. The van der Waals surface area contributed by atoms with E-state index in [1.165, 1.54) is 0 Å². The highest BCUT2D eigenvalue weighted by Crippen LogP contribution is 2.64. The Balaban J connectivity index is 0.000000433. The molecule has 0 unspecified atom stereocenters. The molecule has 0 aromatic carbocycles. The Morgan fingerprint density at radius 3 is 1.96 bits per heavy atom. The first-order chi connectivity index (χ1) is 10.2. The maximum atomic E-state index is 10.6. The Labute approximate surface area is 128 Å². The van der Waals surface area contributed by atoms with Crippen molar-refractivity contribution in [1.29, 1.82) is 0 Å². The lowest BCUT2D eigenvalue weighted by Gasteiger charge is -2.11. The molecular formula is C6H14N3O11P3. The normalized spacial score (nSPS) is 12.3. The number of hydrogen-bond donors (Lipinski definition) is 7. The third-order valence-electron chi connectivity index (χ3n) is 1.45. The molecule has 0 saturated carbocycles. The van der Waals surface area contributed by atoms with Gasteiger partial charge >= 0.3 is 29.2 Å². The van der Waals surface area contributed by atoms with Gasteiger partial charge in [-0.3, -0.25) is 0 Å². The van der Waals surface area contributed by atoms with E-state index in [9.17, 15) is 18.5 Å². The van der Waals surface area contributed by atoms with Gasteiger partial charge in [-0.05, 0) is 13.0 Å². The van der Waals surface area contributed by atoms with Crippen LogP contribution in [0.25, 0.3) is 0 Å². The second kappa shape index (κ2) is 8.81. The van der Waals surface area contributed by atoms with Gasteiger partial charge in [0.25, 0.3) is 0 Å². The van der Waals surface area contributed by atoms with Crippen LogP contribution in [-0.4, -0.2) is 41.0 Å². The lowest BCUT2D eigenvalue weighted by molar-refractivity contribution is 0.204. The first-order valence-corrected chi connectivity index (χ1v) is 9.96. The van der Waals surface area contributed by atoms with Gasteiger partial charge in [0.05, 0.1) is 0 Å². The molecule has 17 heteroatoms. The molecule has 0 fully saturated rings. The van der Waals surface area contributed by atoms with Gasteiger partial charge in [-0.25, -0.2) is 18.5 Å². The van der Waals surface area contributed by atoms with Crippen LogP contribution < -0.4 is 11.0 Å². The first-order valence-electron chi connectivity index (χ1n) is 5.40. The van der Waals surface area contributed by atoms with E-state index in [4.69, 9.17) is 24.5 Å². The van der Waals surface area contributed by atoms with Crippen LogP contribution in [0, 0.1) is 0 Å². The van der Waals surface area contributed by atoms with E-state index in [1.54, 1.807) is 12.3 Å². The van der Waals surface area contributed by atoms with E-state index in [0.29, 0.717) is 5.82 Å². The van der Waals surface area contributed by atoms with Gasteiger partial charge in [0.15, 0.2) is 0 Å². The van der Waals surface area contributed by atoms with Gasteiger partial charge in [0, 0.05) is 12.7 Å². The summed E-state index contributed by atoms with van der Waals surface area (Å²) in [7, 11) is -16.2. The summed E-state index contributed by atoms with van der Waals surface area (Å²) < 4.78 is 36.4. The summed E-state index contributed by atoms with van der Waals surface area (Å²) >= 11 is 0. The monoisotopic (exact) mass is 397 g/mol. The molecule has 0 aliphatic heterocycles. The molecule has 0 atom stereocenters. The smallest absolute Gasteiger partial charge is 0.370 e. The zero-order valence-electron chi connectivity index (χ0n) is 11.3. The SMILES string of the molecule is CCNc1cc[nH]c(=O)n1.O=P(O)(O)OP(=O)(O)OP(=O)(O)O. The Kier molecular flexibility index (Phi) is 8.46. The highest BCUT2D eigenvalue weighted by molar-refractivity contribution is 7.66. The molecule has 134 valence electrons. The molecule has 0 spiro atoms. The van der Waals surface area contributed by atoms with Crippen LogP contribution in [0.4, 0.5) is 5.82 Å². The van der Waals surface area contributed by atoms with Crippen molar-refractivity contribution in [2.24, 2.45) is 0 Å². The molecule has 1 aromatic heterocycles. The standard InChI is InChI=1S/C6H9N3O.H5O10P3/c1-2-7-5-3-4-8-6(10)9-5;1-11(2,3)9-13(7,8)10-12(4,5)6/h3-4H,2H2,1H3,(H2,7,8,9,10);(H,7,8)(H2,1,2,3)(H2,4,5,6). The van der Waals surface area contributed by atoms with Crippen molar-refractivity contribution in [3.8, 4) is 0 Å². The number of nitrogens with one attached hydrogen (secondary N) is 2. The lowest BCUT2D eigenvalue weighted by atomic mass is 10.6. The highest BCUT2D eigenvalue weighted by Gasteiger charge is 2.38. The van der Waals surface area contributed by atoms with Gasteiger partial charge in [0.1, 0.15) is 5.82 Å². The molecule has 0 radical (unpaired) electrons. The summed E-state index contributed by atoms with van der Waals surface area (Å²) in [5.74, 6) is 0.617.